The lowest BCUT2D eigenvalue weighted by molar-refractivity contribution is -0.0601. The number of aryl methyl sites for hydroxylation is 2. The monoisotopic (exact) mass is 542 g/mol. The highest BCUT2D eigenvalue weighted by atomic mass is 32.1. The molecule has 10 nitrogen and oxygen atoms in total. The van der Waals surface area contributed by atoms with Crippen LogP contribution in [0.15, 0.2) is 12.3 Å². The number of aliphatic hydroxyl groups is 3. The van der Waals surface area contributed by atoms with Gasteiger partial charge in [-0.2, -0.15) is 4.98 Å². The zero-order valence-corrected chi connectivity index (χ0v) is 23.5. The van der Waals surface area contributed by atoms with Crippen LogP contribution in [0, 0.1) is 19.8 Å². The van der Waals surface area contributed by atoms with Crippen molar-refractivity contribution >= 4 is 33.3 Å². The summed E-state index contributed by atoms with van der Waals surface area (Å²) < 4.78 is 6.88. The van der Waals surface area contributed by atoms with E-state index in [-0.39, 0.29) is 5.60 Å². The van der Waals surface area contributed by atoms with Crippen molar-refractivity contribution in [3.8, 4) is 10.6 Å². The van der Waals surface area contributed by atoms with Crippen LogP contribution in [0.1, 0.15) is 57.3 Å². The van der Waals surface area contributed by atoms with Crippen molar-refractivity contribution in [3.05, 3.63) is 23.7 Å². The molecule has 2 aliphatic carbocycles. The molecule has 0 bridgehead atoms. The fourth-order valence-corrected chi connectivity index (χ4v) is 6.98. The first kappa shape index (κ1) is 27.1. The molecule has 206 valence electrons. The Morgan fingerprint density at radius 1 is 1.11 bits per heavy atom. The summed E-state index contributed by atoms with van der Waals surface area (Å²) in [5.74, 6) is 0.498. The van der Waals surface area contributed by atoms with E-state index in [9.17, 15) is 15.3 Å². The SMILES string of the molecule is COC1(CNc2nc(C)c(-c3nc4c(C)nccc4s3)c(N[C@@H]3C[C@H](C(C)(C)O)[C@@H](O)[C@H]3O)n2)CCCC1. The minimum absolute atomic E-state index is 0.229. The van der Waals surface area contributed by atoms with Crippen LogP contribution in [-0.4, -0.2) is 78.4 Å². The van der Waals surface area contributed by atoms with E-state index in [1.807, 2.05) is 19.9 Å². The molecular formula is C27H38N6O4S. The van der Waals surface area contributed by atoms with Gasteiger partial charge in [0, 0.05) is 25.8 Å². The van der Waals surface area contributed by atoms with E-state index in [2.05, 4.69) is 15.6 Å². The van der Waals surface area contributed by atoms with Crippen molar-refractivity contribution < 1.29 is 20.1 Å². The van der Waals surface area contributed by atoms with Crippen molar-refractivity contribution in [2.45, 2.75) is 89.3 Å². The maximum atomic E-state index is 10.9. The lowest BCUT2D eigenvalue weighted by Gasteiger charge is -2.28. The molecule has 5 rings (SSSR count). The summed E-state index contributed by atoms with van der Waals surface area (Å²) in [5, 5.41) is 39.7. The van der Waals surface area contributed by atoms with Gasteiger partial charge in [0.15, 0.2) is 0 Å². The second-order valence-electron chi connectivity index (χ2n) is 11.3. The second kappa shape index (κ2) is 10.3. The molecule has 38 heavy (non-hydrogen) atoms. The van der Waals surface area contributed by atoms with Gasteiger partial charge in [-0.25, -0.2) is 9.97 Å². The smallest absolute Gasteiger partial charge is 0.225 e. The minimum Gasteiger partial charge on any atom is -0.390 e. The van der Waals surface area contributed by atoms with Crippen LogP contribution >= 0.6 is 11.3 Å². The predicted molar refractivity (Wildman–Crippen MR) is 148 cm³/mol. The number of ether oxygens (including phenoxy) is 1. The van der Waals surface area contributed by atoms with Crippen molar-refractivity contribution in [2.24, 2.45) is 5.92 Å². The molecule has 5 N–H and O–H groups in total. The molecule has 2 saturated carbocycles. The largest absolute Gasteiger partial charge is 0.390 e. The topological polar surface area (TPSA) is 146 Å². The number of thiazole rings is 1. The summed E-state index contributed by atoms with van der Waals surface area (Å²) in [6, 6.07) is 1.43. The van der Waals surface area contributed by atoms with Crippen LogP contribution in [0.5, 0.6) is 0 Å². The number of anilines is 2. The molecule has 0 radical (unpaired) electrons. The number of hydrogen-bond acceptors (Lipinski definition) is 11. The van der Waals surface area contributed by atoms with Gasteiger partial charge < -0.3 is 30.7 Å². The first-order valence-electron chi connectivity index (χ1n) is 13.3. The van der Waals surface area contributed by atoms with Crippen LogP contribution in [0.2, 0.25) is 0 Å². The zero-order valence-electron chi connectivity index (χ0n) is 22.7. The number of nitrogens with zero attached hydrogens (tertiary/aromatic N) is 4. The van der Waals surface area contributed by atoms with E-state index < -0.39 is 29.8 Å². The number of pyridine rings is 1. The Labute approximate surface area is 226 Å². The van der Waals surface area contributed by atoms with Gasteiger partial charge in [0.2, 0.25) is 5.95 Å². The number of rotatable bonds is 8. The van der Waals surface area contributed by atoms with Crippen molar-refractivity contribution in [2.75, 3.05) is 24.3 Å². The Kier molecular flexibility index (Phi) is 7.34. The van der Waals surface area contributed by atoms with Gasteiger partial charge in [-0.1, -0.05) is 12.8 Å². The van der Waals surface area contributed by atoms with E-state index in [0.717, 1.165) is 57.9 Å². The van der Waals surface area contributed by atoms with Crippen molar-refractivity contribution in [1.29, 1.82) is 0 Å². The van der Waals surface area contributed by atoms with Gasteiger partial charge in [0.25, 0.3) is 0 Å². The van der Waals surface area contributed by atoms with E-state index in [1.54, 1.807) is 27.2 Å². The average molecular weight is 543 g/mol. The summed E-state index contributed by atoms with van der Waals surface area (Å²) in [5.41, 5.74) is 1.79. The molecule has 0 amide bonds. The lowest BCUT2D eigenvalue weighted by Crippen LogP contribution is -2.40. The maximum Gasteiger partial charge on any atom is 0.225 e. The number of hydrogen-bond donors (Lipinski definition) is 5. The quantitative estimate of drug-likeness (QED) is 0.287. The third-order valence-corrected chi connectivity index (χ3v) is 9.26. The third-order valence-electron chi connectivity index (χ3n) is 8.22. The molecule has 2 fully saturated rings. The molecule has 2 aliphatic rings. The van der Waals surface area contributed by atoms with E-state index in [0.29, 0.717) is 24.7 Å². The van der Waals surface area contributed by atoms with Gasteiger partial charge in [0.1, 0.15) is 22.4 Å². The molecule has 11 heteroatoms. The van der Waals surface area contributed by atoms with Crippen LogP contribution in [0.25, 0.3) is 20.8 Å². The van der Waals surface area contributed by atoms with E-state index >= 15 is 0 Å². The highest BCUT2D eigenvalue weighted by molar-refractivity contribution is 7.21. The Bertz CT molecular complexity index is 1300. The Morgan fingerprint density at radius 3 is 2.47 bits per heavy atom. The van der Waals surface area contributed by atoms with E-state index in [4.69, 9.17) is 19.7 Å². The van der Waals surface area contributed by atoms with Gasteiger partial charge in [-0.05, 0) is 53.0 Å². The lowest BCUT2D eigenvalue weighted by atomic mass is 9.88. The van der Waals surface area contributed by atoms with Gasteiger partial charge in [0.05, 0.1) is 45.0 Å². The van der Waals surface area contributed by atoms with Gasteiger partial charge in [-0.15, -0.1) is 11.3 Å². The van der Waals surface area contributed by atoms with Crippen LogP contribution in [0.3, 0.4) is 0 Å². The van der Waals surface area contributed by atoms with Crippen LogP contribution < -0.4 is 10.6 Å². The fourth-order valence-electron chi connectivity index (χ4n) is 5.87. The number of aromatic nitrogens is 4. The molecule has 3 aromatic heterocycles. The molecular weight excluding hydrogens is 504 g/mol. The van der Waals surface area contributed by atoms with E-state index in [1.165, 1.54) is 11.3 Å². The summed E-state index contributed by atoms with van der Waals surface area (Å²) >= 11 is 1.54. The third kappa shape index (κ3) is 5.10. The highest BCUT2D eigenvalue weighted by Gasteiger charge is 2.48. The summed E-state index contributed by atoms with van der Waals surface area (Å²) in [6.07, 6.45) is 4.28. The Morgan fingerprint density at radius 2 is 1.84 bits per heavy atom. The zero-order chi connectivity index (χ0) is 27.2. The molecule has 0 aromatic carbocycles. The highest BCUT2D eigenvalue weighted by Crippen LogP contribution is 2.40. The summed E-state index contributed by atoms with van der Waals surface area (Å²) in [7, 11) is 1.75. The number of methoxy groups -OCH3 is 1. The summed E-state index contributed by atoms with van der Waals surface area (Å²) in [4.78, 5) is 18.9. The molecule has 0 unspecified atom stereocenters. The van der Waals surface area contributed by atoms with Crippen LogP contribution in [0.4, 0.5) is 11.8 Å². The predicted octanol–water partition coefficient (Wildman–Crippen LogP) is 3.43. The van der Waals surface area contributed by atoms with Gasteiger partial charge in [-0.3, -0.25) is 4.98 Å². The fraction of sp³-hybridized carbons (Fsp3) is 0.630. The van der Waals surface area contributed by atoms with Crippen molar-refractivity contribution in [1.82, 2.24) is 19.9 Å². The molecule has 3 aromatic rings. The second-order valence-corrected chi connectivity index (χ2v) is 12.3. The molecule has 0 saturated heterocycles. The first-order valence-corrected chi connectivity index (χ1v) is 14.1. The summed E-state index contributed by atoms with van der Waals surface area (Å²) in [6.45, 7) is 7.77. The Hall–Kier alpha value is -2.44. The maximum absolute atomic E-state index is 10.9. The average Bonchev–Trinajstić information content (AvgIpc) is 3.58. The standard InChI is InChI=1S/C27H38N6O4S/c1-14-19(24-32-20-15(2)28-11-8-18(20)38-24)23(31-17-12-16(26(3,4)36)21(34)22(17)35)33-25(30-14)29-13-27(37-5)9-6-7-10-27/h8,11,16-17,21-22,34-36H,6-7,9-10,12-13H2,1-5H3,(H2,29,30,31,33)/t16-,17+,21+,22-/m0/s1. The minimum atomic E-state index is -1.14. The normalized spacial score (nSPS) is 25.3. The van der Waals surface area contributed by atoms with Crippen LogP contribution in [-0.2, 0) is 4.74 Å². The first-order chi connectivity index (χ1) is 18.0. The number of nitrogens with one attached hydrogen (secondary N) is 2. The van der Waals surface area contributed by atoms with Crippen molar-refractivity contribution in [3.63, 3.8) is 0 Å². The van der Waals surface area contributed by atoms with Gasteiger partial charge >= 0.3 is 0 Å². The molecule has 4 atom stereocenters. The molecule has 0 aliphatic heterocycles. The molecule has 0 spiro atoms. The number of fused-ring (bicyclic) bond motifs is 1. The Balaban J connectivity index is 1.52. The number of aliphatic hydroxyl groups excluding tert-OH is 2. The molecule has 3 heterocycles.